The van der Waals surface area contributed by atoms with Gasteiger partial charge < -0.3 is 15.1 Å². The normalized spacial score (nSPS) is 21.8. The number of hydrogen-bond donors (Lipinski definition) is 2. The molecule has 1 aromatic rings. The molecule has 2 rings (SSSR count). The topological polar surface area (TPSA) is 77.8 Å². The third kappa shape index (κ3) is 3.02. The summed E-state index contributed by atoms with van der Waals surface area (Å²) < 4.78 is 0. The molecule has 1 fully saturated rings. The predicted octanol–water partition coefficient (Wildman–Crippen LogP) is 1.11. The van der Waals surface area contributed by atoms with Gasteiger partial charge in [-0.25, -0.2) is 4.79 Å². The Kier molecular flexibility index (Phi) is 4.46. The van der Waals surface area contributed by atoms with Gasteiger partial charge in [-0.15, -0.1) is 0 Å². The minimum absolute atomic E-state index is 0.0180. The number of aliphatic hydroxyl groups is 1. The van der Waals surface area contributed by atoms with Crippen LogP contribution in [0.3, 0.4) is 0 Å². The van der Waals surface area contributed by atoms with E-state index in [2.05, 4.69) is 0 Å². The summed E-state index contributed by atoms with van der Waals surface area (Å²) in [4.78, 5) is 24.9. The summed E-state index contributed by atoms with van der Waals surface area (Å²) in [5.41, 5.74) is 0.543. The molecule has 1 aromatic carbocycles. The first kappa shape index (κ1) is 14.6. The van der Waals surface area contributed by atoms with Crippen molar-refractivity contribution in [1.82, 2.24) is 4.90 Å². The number of aliphatic hydroxyl groups excluding tert-OH is 1. The molecule has 1 saturated heterocycles. The van der Waals surface area contributed by atoms with Crippen molar-refractivity contribution < 1.29 is 19.8 Å². The van der Waals surface area contributed by atoms with Crippen LogP contribution in [0.2, 0.25) is 0 Å². The zero-order valence-corrected chi connectivity index (χ0v) is 11.5. The molecule has 0 amide bonds. The number of carbonyl (C=O) groups is 2. The molecule has 1 aliphatic heterocycles. The Morgan fingerprint density at radius 3 is 2.55 bits per heavy atom. The average Bonchev–Trinajstić information content (AvgIpc) is 2.81. The van der Waals surface area contributed by atoms with E-state index in [1.54, 1.807) is 24.3 Å². The van der Waals surface area contributed by atoms with E-state index in [0.717, 1.165) is 0 Å². The van der Waals surface area contributed by atoms with E-state index >= 15 is 0 Å². The fourth-order valence-corrected chi connectivity index (χ4v) is 2.65. The summed E-state index contributed by atoms with van der Waals surface area (Å²) in [5.74, 6) is -1.27. The van der Waals surface area contributed by atoms with Gasteiger partial charge in [0.1, 0.15) is 0 Å². The van der Waals surface area contributed by atoms with Crippen molar-refractivity contribution in [3.8, 4) is 0 Å². The second-order valence-corrected chi connectivity index (χ2v) is 5.16. The average molecular weight is 293 g/mol. The van der Waals surface area contributed by atoms with Crippen molar-refractivity contribution >= 4 is 29.0 Å². The van der Waals surface area contributed by atoms with Crippen LogP contribution in [-0.2, 0) is 4.79 Å². The highest BCUT2D eigenvalue weighted by molar-refractivity contribution is 7.80. The number of carbonyl (C=O) groups excluding carboxylic acids is 1. The number of aliphatic carboxylic acids is 1. The largest absolute Gasteiger partial charge is 0.480 e. The molecule has 0 radical (unpaired) electrons. The molecule has 2 N–H and O–H groups in total. The predicted molar refractivity (Wildman–Crippen MR) is 76.7 cm³/mol. The fraction of sp³-hybridized carbons (Fsp3) is 0.357. The second kappa shape index (κ2) is 6.11. The maximum Gasteiger partial charge on any atom is 0.329 e. The summed E-state index contributed by atoms with van der Waals surface area (Å²) in [5, 5.41) is 18.8. The highest BCUT2D eigenvalue weighted by atomic mass is 32.1. The number of hydrogen-bond acceptors (Lipinski definition) is 4. The van der Waals surface area contributed by atoms with Crippen LogP contribution < -0.4 is 0 Å². The molecule has 0 saturated carbocycles. The van der Waals surface area contributed by atoms with Crippen LogP contribution >= 0.6 is 12.2 Å². The summed E-state index contributed by atoms with van der Waals surface area (Å²) in [6.07, 6.45) is -0.621. The number of thiocarbonyl (C=S) groups is 1. The quantitative estimate of drug-likeness (QED) is 0.639. The maximum atomic E-state index is 12.0. The van der Waals surface area contributed by atoms with Gasteiger partial charge in [0, 0.05) is 12.1 Å². The molecule has 0 aliphatic carbocycles. The molecule has 20 heavy (non-hydrogen) atoms. The van der Waals surface area contributed by atoms with Gasteiger partial charge >= 0.3 is 5.97 Å². The van der Waals surface area contributed by atoms with Gasteiger partial charge in [0.05, 0.1) is 17.5 Å². The Morgan fingerprint density at radius 2 is 1.95 bits per heavy atom. The molecule has 2 atom stereocenters. The number of rotatable bonds is 4. The van der Waals surface area contributed by atoms with E-state index < -0.39 is 18.1 Å². The molecule has 0 bridgehead atoms. The van der Waals surface area contributed by atoms with E-state index in [-0.39, 0.29) is 17.2 Å². The van der Waals surface area contributed by atoms with Gasteiger partial charge in [-0.05, 0) is 6.42 Å². The van der Waals surface area contributed by atoms with Crippen LogP contribution in [0.25, 0.3) is 0 Å². The van der Waals surface area contributed by atoms with Gasteiger partial charge in [-0.1, -0.05) is 42.5 Å². The lowest BCUT2D eigenvalue weighted by molar-refractivity contribution is -0.143. The third-order valence-corrected chi connectivity index (χ3v) is 3.73. The molecular formula is C14H15NO4S. The summed E-state index contributed by atoms with van der Waals surface area (Å²) in [7, 11) is 0. The molecule has 6 heteroatoms. The lowest BCUT2D eigenvalue weighted by Gasteiger charge is -2.24. The first-order chi connectivity index (χ1) is 9.50. The van der Waals surface area contributed by atoms with Crippen molar-refractivity contribution in [1.29, 1.82) is 0 Å². The second-order valence-electron chi connectivity index (χ2n) is 4.69. The van der Waals surface area contributed by atoms with E-state index in [9.17, 15) is 14.7 Å². The van der Waals surface area contributed by atoms with Crippen LogP contribution in [-0.4, -0.2) is 50.5 Å². The lowest BCUT2D eigenvalue weighted by atomic mass is 10.1. The maximum absolute atomic E-state index is 12.0. The Hall–Kier alpha value is -1.79. The smallest absolute Gasteiger partial charge is 0.329 e. The first-order valence-corrected chi connectivity index (χ1v) is 6.70. The molecule has 1 unspecified atom stereocenters. The number of nitrogens with zero attached hydrogens (tertiary/aromatic N) is 1. The fourth-order valence-electron chi connectivity index (χ4n) is 2.32. The van der Waals surface area contributed by atoms with Gasteiger partial charge in [-0.2, -0.15) is 0 Å². The van der Waals surface area contributed by atoms with Crippen molar-refractivity contribution in [2.75, 3.05) is 6.54 Å². The van der Waals surface area contributed by atoms with Crippen LogP contribution in [0, 0.1) is 0 Å². The Morgan fingerprint density at radius 1 is 1.30 bits per heavy atom. The summed E-state index contributed by atoms with van der Waals surface area (Å²) in [6, 6.07) is 7.67. The minimum atomic E-state index is -1.12. The van der Waals surface area contributed by atoms with Crippen LogP contribution in [0.1, 0.15) is 23.2 Å². The number of likely N-dealkylation sites (tertiary alicyclic amines) is 1. The van der Waals surface area contributed by atoms with E-state index in [1.165, 1.54) is 4.90 Å². The van der Waals surface area contributed by atoms with Crippen molar-refractivity contribution in [3.63, 3.8) is 0 Å². The molecule has 1 aliphatic rings. The number of carboxylic acid groups (broad SMARTS) is 1. The number of benzene rings is 1. The Balaban J connectivity index is 2.05. The Bertz CT molecular complexity index is 531. The van der Waals surface area contributed by atoms with Gasteiger partial charge in [0.15, 0.2) is 11.8 Å². The summed E-state index contributed by atoms with van der Waals surface area (Å²) in [6.45, 7) is 0.360. The highest BCUT2D eigenvalue weighted by Gasteiger charge is 2.39. The highest BCUT2D eigenvalue weighted by Crippen LogP contribution is 2.21. The molecular weight excluding hydrogens is 278 g/mol. The number of Topliss-reactive ketones (excluding diaryl/α,β-unsaturated/α-hetero) is 1. The standard InChI is InChI=1S/C14H15NO4S/c16-10-6-7-15(13(10)14(18)19)12(20)8-11(17)9-4-2-1-3-5-9/h1-5,10,13,16H,6-8H2,(H,18,19)/t10?,13-/m0/s1. The first-order valence-electron chi connectivity index (χ1n) is 6.29. The molecule has 0 aromatic heterocycles. The van der Waals surface area contributed by atoms with Gasteiger partial charge in [0.25, 0.3) is 0 Å². The lowest BCUT2D eigenvalue weighted by Crippen LogP contribution is -2.44. The molecule has 106 valence electrons. The number of ketones is 1. The third-order valence-electron chi connectivity index (χ3n) is 3.35. The van der Waals surface area contributed by atoms with Crippen LogP contribution in [0.4, 0.5) is 0 Å². The van der Waals surface area contributed by atoms with Gasteiger partial charge in [-0.3, -0.25) is 4.79 Å². The van der Waals surface area contributed by atoms with Crippen molar-refractivity contribution in [2.45, 2.75) is 25.0 Å². The van der Waals surface area contributed by atoms with Crippen LogP contribution in [0.5, 0.6) is 0 Å². The van der Waals surface area contributed by atoms with Crippen molar-refractivity contribution in [3.05, 3.63) is 35.9 Å². The minimum Gasteiger partial charge on any atom is -0.480 e. The zero-order valence-electron chi connectivity index (χ0n) is 10.7. The molecule has 1 heterocycles. The monoisotopic (exact) mass is 293 g/mol. The van der Waals surface area contributed by atoms with Crippen molar-refractivity contribution in [2.24, 2.45) is 0 Å². The Labute approximate surface area is 121 Å². The SMILES string of the molecule is O=C(CC(=S)N1CCC(O)[C@H]1C(=O)O)c1ccccc1. The van der Waals surface area contributed by atoms with Crippen LogP contribution in [0.15, 0.2) is 30.3 Å². The number of carboxylic acids is 1. The van der Waals surface area contributed by atoms with E-state index in [4.69, 9.17) is 17.3 Å². The van der Waals surface area contributed by atoms with E-state index in [1.807, 2.05) is 6.07 Å². The molecule has 5 nitrogen and oxygen atoms in total. The molecule has 0 spiro atoms. The zero-order chi connectivity index (χ0) is 14.7. The summed E-state index contributed by atoms with van der Waals surface area (Å²) >= 11 is 5.17. The van der Waals surface area contributed by atoms with Gasteiger partial charge in [0.2, 0.25) is 0 Å². The van der Waals surface area contributed by atoms with E-state index in [0.29, 0.717) is 18.5 Å².